The highest BCUT2D eigenvalue weighted by atomic mass is 19.4. The van der Waals surface area contributed by atoms with Crippen LogP contribution in [0.15, 0.2) is 58.8 Å². The zero-order chi connectivity index (χ0) is 25.3. The highest BCUT2D eigenvalue weighted by Crippen LogP contribution is 2.43. The Morgan fingerprint density at radius 1 is 1.11 bits per heavy atom. The van der Waals surface area contributed by atoms with Crippen LogP contribution in [0.2, 0.25) is 0 Å². The van der Waals surface area contributed by atoms with Gasteiger partial charge in [-0.3, -0.25) is 4.79 Å². The molecule has 1 atom stereocenters. The van der Waals surface area contributed by atoms with Gasteiger partial charge in [0.1, 0.15) is 17.5 Å². The van der Waals surface area contributed by atoms with Crippen LogP contribution in [-0.4, -0.2) is 42.2 Å². The molecule has 1 N–H and O–H groups in total. The summed E-state index contributed by atoms with van der Waals surface area (Å²) in [6.45, 7) is 4.28. The van der Waals surface area contributed by atoms with Gasteiger partial charge in [-0.25, -0.2) is 4.98 Å². The Kier molecular flexibility index (Phi) is 6.27. The SMILES string of the molecule is CC1N=Nc2c(Oc3cccc(NC(=O)c4cccc(C(F)(F)F)c4)c3)nc(N3CCOCC3)nc21. The maximum atomic E-state index is 13.0. The van der Waals surface area contributed by atoms with Gasteiger partial charge in [-0.05, 0) is 37.3 Å². The van der Waals surface area contributed by atoms with Crippen LogP contribution in [0.1, 0.15) is 34.6 Å². The predicted molar refractivity (Wildman–Crippen MR) is 124 cm³/mol. The van der Waals surface area contributed by atoms with Gasteiger partial charge in [0.15, 0.2) is 5.69 Å². The van der Waals surface area contributed by atoms with Gasteiger partial charge in [0.05, 0.1) is 18.8 Å². The van der Waals surface area contributed by atoms with Crippen LogP contribution >= 0.6 is 0 Å². The number of morpholine rings is 1. The van der Waals surface area contributed by atoms with Gasteiger partial charge in [0.25, 0.3) is 11.8 Å². The zero-order valence-corrected chi connectivity index (χ0v) is 19.1. The molecule has 0 spiro atoms. The molecule has 2 aliphatic rings. The smallest absolute Gasteiger partial charge is 0.416 e. The van der Waals surface area contributed by atoms with Crippen molar-refractivity contribution in [3.63, 3.8) is 0 Å². The van der Waals surface area contributed by atoms with E-state index in [-0.39, 0.29) is 17.5 Å². The molecule has 2 aromatic carbocycles. The van der Waals surface area contributed by atoms with Crippen LogP contribution in [0.3, 0.4) is 0 Å². The number of rotatable bonds is 5. The lowest BCUT2D eigenvalue weighted by molar-refractivity contribution is -0.137. The lowest BCUT2D eigenvalue weighted by Crippen LogP contribution is -2.37. The minimum atomic E-state index is -4.54. The van der Waals surface area contributed by atoms with E-state index in [2.05, 4.69) is 25.5 Å². The number of aromatic nitrogens is 2. The van der Waals surface area contributed by atoms with Crippen molar-refractivity contribution in [2.24, 2.45) is 10.2 Å². The third-order valence-electron chi connectivity index (χ3n) is 5.65. The summed E-state index contributed by atoms with van der Waals surface area (Å²) in [5.41, 5.74) is 0.399. The minimum Gasteiger partial charge on any atom is -0.437 e. The molecular weight excluding hydrogens is 477 g/mol. The molecule has 2 aliphatic heterocycles. The summed E-state index contributed by atoms with van der Waals surface area (Å²) >= 11 is 0. The molecule has 1 saturated heterocycles. The third-order valence-corrected chi connectivity index (χ3v) is 5.65. The Labute approximate surface area is 204 Å². The van der Waals surface area contributed by atoms with Gasteiger partial charge >= 0.3 is 6.18 Å². The van der Waals surface area contributed by atoms with E-state index < -0.39 is 17.6 Å². The third kappa shape index (κ3) is 4.98. The van der Waals surface area contributed by atoms with Crippen molar-refractivity contribution >= 4 is 23.2 Å². The topological polar surface area (TPSA) is 101 Å². The van der Waals surface area contributed by atoms with Gasteiger partial charge in [-0.2, -0.15) is 23.3 Å². The van der Waals surface area contributed by atoms with E-state index in [1.807, 2.05) is 11.8 Å². The van der Waals surface area contributed by atoms with Crippen molar-refractivity contribution in [2.45, 2.75) is 19.1 Å². The summed E-state index contributed by atoms with van der Waals surface area (Å²) < 4.78 is 50.4. The number of carbonyl (C=O) groups is 1. The van der Waals surface area contributed by atoms with Crippen molar-refractivity contribution in [3.8, 4) is 11.6 Å². The summed E-state index contributed by atoms with van der Waals surface area (Å²) in [5.74, 6) is 0.370. The Morgan fingerprint density at radius 2 is 1.89 bits per heavy atom. The van der Waals surface area contributed by atoms with E-state index in [0.717, 1.165) is 12.1 Å². The largest absolute Gasteiger partial charge is 0.437 e. The normalized spacial score (nSPS) is 17.1. The molecule has 186 valence electrons. The Morgan fingerprint density at radius 3 is 2.67 bits per heavy atom. The van der Waals surface area contributed by atoms with Crippen molar-refractivity contribution in [1.82, 2.24) is 9.97 Å². The highest BCUT2D eigenvalue weighted by molar-refractivity contribution is 6.04. The van der Waals surface area contributed by atoms with Crippen LogP contribution in [0.25, 0.3) is 0 Å². The van der Waals surface area contributed by atoms with Gasteiger partial charge in [0, 0.05) is 30.4 Å². The van der Waals surface area contributed by atoms with Crippen LogP contribution in [0.5, 0.6) is 11.6 Å². The number of anilines is 2. The number of carbonyl (C=O) groups excluding carboxylic acids is 1. The standard InChI is InChI=1S/C24H21F3N6O3/c1-14-19-20(32-31-14)22(30-23(29-19)33-8-10-35-11-9-33)36-18-7-3-6-17(13-18)28-21(34)15-4-2-5-16(12-15)24(25,26)27/h2-7,12-14H,8-11H2,1H3,(H,28,34). The van der Waals surface area contributed by atoms with E-state index in [0.29, 0.717) is 55.1 Å². The van der Waals surface area contributed by atoms with E-state index in [9.17, 15) is 18.0 Å². The van der Waals surface area contributed by atoms with Gasteiger partial charge in [0.2, 0.25) is 5.95 Å². The van der Waals surface area contributed by atoms with Gasteiger partial charge in [-0.15, -0.1) is 5.11 Å². The number of nitrogens with zero attached hydrogens (tertiary/aromatic N) is 5. The summed E-state index contributed by atoms with van der Waals surface area (Å²) in [6.07, 6.45) is -4.54. The number of azo groups is 1. The number of benzene rings is 2. The van der Waals surface area contributed by atoms with Crippen LogP contribution in [0, 0.1) is 0 Å². The summed E-state index contributed by atoms with van der Waals surface area (Å²) in [6, 6.07) is 10.4. The monoisotopic (exact) mass is 498 g/mol. The lowest BCUT2D eigenvalue weighted by atomic mass is 10.1. The van der Waals surface area contributed by atoms with Crippen molar-refractivity contribution < 1.29 is 27.4 Å². The predicted octanol–water partition coefficient (Wildman–Crippen LogP) is 5.53. The first-order chi connectivity index (χ1) is 17.3. The van der Waals surface area contributed by atoms with E-state index in [1.165, 1.54) is 12.1 Å². The second-order valence-electron chi connectivity index (χ2n) is 8.22. The fraction of sp³-hybridized carbons (Fsp3) is 0.292. The Bertz CT molecular complexity index is 1320. The molecule has 1 fully saturated rings. The highest BCUT2D eigenvalue weighted by Gasteiger charge is 2.31. The molecule has 1 amide bonds. The average Bonchev–Trinajstić information content (AvgIpc) is 3.25. The summed E-state index contributed by atoms with van der Waals surface area (Å²) in [5, 5.41) is 10.9. The molecule has 0 saturated carbocycles. The number of hydrogen-bond donors (Lipinski definition) is 1. The molecule has 3 heterocycles. The van der Waals surface area contributed by atoms with Crippen LogP contribution in [-0.2, 0) is 10.9 Å². The fourth-order valence-electron chi connectivity index (χ4n) is 3.79. The molecule has 0 bridgehead atoms. The van der Waals surface area contributed by atoms with Gasteiger partial charge in [-0.1, -0.05) is 12.1 Å². The van der Waals surface area contributed by atoms with Gasteiger partial charge < -0.3 is 19.7 Å². The molecule has 1 unspecified atom stereocenters. The molecule has 5 rings (SSSR count). The first-order valence-electron chi connectivity index (χ1n) is 11.2. The first kappa shape index (κ1) is 23.7. The number of fused-ring (bicyclic) bond motifs is 1. The minimum absolute atomic E-state index is 0.116. The number of ether oxygens (including phenoxy) is 2. The maximum Gasteiger partial charge on any atom is 0.416 e. The number of halogens is 3. The summed E-state index contributed by atoms with van der Waals surface area (Å²) in [7, 11) is 0. The van der Waals surface area contributed by atoms with Crippen LogP contribution < -0.4 is 15.0 Å². The second-order valence-corrected chi connectivity index (χ2v) is 8.22. The number of alkyl halides is 3. The average molecular weight is 498 g/mol. The molecule has 9 nitrogen and oxygen atoms in total. The molecule has 12 heteroatoms. The fourth-order valence-corrected chi connectivity index (χ4v) is 3.79. The van der Waals surface area contributed by atoms with E-state index in [1.54, 1.807) is 24.3 Å². The van der Waals surface area contributed by atoms with Crippen molar-refractivity contribution in [2.75, 3.05) is 36.5 Å². The lowest BCUT2D eigenvalue weighted by Gasteiger charge is -2.27. The van der Waals surface area contributed by atoms with Crippen LogP contribution in [0.4, 0.5) is 30.5 Å². The first-order valence-corrected chi connectivity index (χ1v) is 11.2. The molecule has 0 radical (unpaired) electrons. The van der Waals surface area contributed by atoms with E-state index in [4.69, 9.17) is 9.47 Å². The quantitative estimate of drug-likeness (QED) is 0.496. The molecular formula is C24H21F3N6O3. The zero-order valence-electron chi connectivity index (χ0n) is 19.1. The molecule has 1 aromatic heterocycles. The van der Waals surface area contributed by atoms with Crippen molar-refractivity contribution in [1.29, 1.82) is 0 Å². The number of amides is 1. The maximum absolute atomic E-state index is 13.0. The number of hydrogen-bond acceptors (Lipinski definition) is 8. The molecule has 36 heavy (non-hydrogen) atoms. The Hall–Kier alpha value is -4.06. The molecule has 0 aliphatic carbocycles. The van der Waals surface area contributed by atoms with E-state index >= 15 is 0 Å². The number of nitrogens with one attached hydrogen (secondary N) is 1. The van der Waals surface area contributed by atoms with Crippen molar-refractivity contribution in [3.05, 3.63) is 65.4 Å². The molecule has 3 aromatic rings. The summed E-state index contributed by atoms with van der Waals surface area (Å²) in [4.78, 5) is 23.8. The Balaban J connectivity index is 1.38. The second kappa shape index (κ2) is 9.53.